The number of benzene rings is 1. The minimum Gasteiger partial charge on any atom is -0.398 e. The van der Waals surface area contributed by atoms with E-state index >= 15 is 0 Å². The summed E-state index contributed by atoms with van der Waals surface area (Å²) in [6, 6.07) is 4.55. The van der Waals surface area contributed by atoms with Gasteiger partial charge in [0.2, 0.25) is 0 Å². The van der Waals surface area contributed by atoms with Gasteiger partial charge in [0.05, 0.1) is 17.1 Å². The van der Waals surface area contributed by atoms with Gasteiger partial charge in [-0.3, -0.25) is 4.79 Å². The van der Waals surface area contributed by atoms with E-state index in [0.717, 1.165) is 0 Å². The van der Waals surface area contributed by atoms with Gasteiger partial charge in [-0.15, -0.1) is 0 Å². The van der Waals surface area contributed by atoms with Gasteiger partial charge in [0.15, 0.2) is 0 Å². The number of nitrogen functional groups attached to an aromatic ring is 1. The average molecular weight is 303 g/mol. The Bertz CT molecular complexity index is 587. The molecule has 104 valence electrons. The average Bonchev–Trinajstić information content (AvgIpc) is 2.31. The molecule has 0 aliphatic carbocycles. The molecule has 1 aliphatic rings. The number of carbonyl (C=O) groups is 1. The van der Waals surface area contributed by atoms with Crippen LogP contribution in [0.3, 0.4) is 0 Å². The zero-order chi connectivity index (χ0) is 14.0. The molecule has 0 aromatic heterocycles. The summed E-state index contributed by atoms with van der Waals surface area (Å²) in [5.74, 6) is -0.0549. The number of hydrogen-bond acceptors (Lipinski definition) is 4. The zero-order valence-corrected chi connectivity index (χ0v) is 11.8. The Morgan fingerprint density at radius 1 is 1.32 bits per heavy atom. The predicted octanol–water partition coefficient (Wildman–Crippen LogP) is 1.23. The lowest BCUT2D eigenvalue weighted by molar-refractivity contribution is 0.0935. The predicted molar refractivity (Wildman–Crippen MR) is 75.0 cm³/mol. The molecule has 0 spiro atoms. The van der Waals surface area contributed by atoms with Crippen LogP contribution in [-0.2, 0) is 9.84 Å². The molecule has 0 saturated carbocycles. The summed E-state index contributed by atoms with van der Waals surface area (Å²) in [4.78, 5) is 12.0. The van der Waals surface area contributed by atoms with Crippen molar-refractivity contribution in [3.8, 4) is 0 Å². The third-order valence-electron chi connectivity index (χ3n) is 3.15. The lowest BCUT2D eigenvalue weighted by atomic mass is 10.1. The molecule has 3 N–H and O–H groups in total. The molecule has 1 fully saturated rings. The van der Waals surface area contributed by atoms with E-state index in [0.29, 0.717) is 29.1 Å². The van der Waals surface area contributed by atoms with E-state index in [-0.39, 0.29) is 23.5 Å². The van der Waals surface area contributed by atoms with Crippen molar-refractivity contribution in [2.75, 3.05) is 17.2 Å². The van der Waals surface area contributed by atoms with Crippen LogP contribution in [0.4, 0.5) is 5.69 Å². The highest BCUT2D eigenvalue weighted by Crippen LogP contribution is 2.19. The van der Waals surface area contributed by atoms with E-state index in [9.17, 15) is 13.2 Å². The summed E-state index contributed by atoms with van der Waals surface area (Å²) in [6.45, 7) is 0. The topological polar surface area (TPSA) is 89.3 Å². The Labute approximate surface area is 117 Å². The van der Waals surface area contributed by atoms with Crippen LogP contribution in [0.25, 0.3) is 0 Å². The van der Waals surface area contributed by atoms with E-state index < -0.39 is 9.84 Å². The molecule has 0 unspecified atom stereocenters. The van der Waals surface area contributed by atoms with E-state index in [1.807, 2.05) is 0 Å². The smallest absolute Gasteiger partial charge is 0.253 e. The number of halogens is 1. The van der Waals surface area contributed by atoms with Crippen molar-refractivity contribution in [1.29, 1.82) is 0 Å². The normalized spacial score (nSPS) is 19.0. The first-order valence-electron chi connectivity index (χ1n) is 5.94. The second kappa shape index (κ2) is 5.38. The molecule has 1 saturated heterocycles. The number of amides is 1. The van der Waals surface area contributed by atoms with Crippen molar-refractivity contribution in [2.24, 2.45) is 0 Å². The van der Waals surface area contributed by atoms with Gasteiger partial charge in [-0.25, -0.2) is 8.42 Å². The number of hydrogen-bond donors (Lipinski definition) is 2. The molecular weight excluding hydrogens is 288 g/mol. The fourth-order valence-electron chi connectivity index (χ4n) is 2.04. The summed E-state index contributed by atoms with van der Waals surface area (Å²) in [5, 5.41) is 3.28. The number of rotatable bonds is 2. The third kappa shape index (κ3) is 3.61. The molecule has 1 heterocycles. The molecule has 7 heteroatoms. The molecule has 0 atom stereocenters. The van der Waals surface area contributed by atoms with E-state index in [2.05, 4.69) is 5.32 Å². The van der Waals surface area contributed by atoms with Crippen LogP contribution in [-0.4, -0.2) is 31.9 Å². The summed E-state index contributed by atoms with van der Waals surface area (Å²) >= 11 is 5.77. The number of nitrogens with two attached hydrogens (primary N) is 1. The molecule has 5 nitrogen and oxygen atoms in total. The SMILES string of the molecule is Nc1cc(Cl)ccc1C(=O)NC1CCS(=O)(=O)CC1. The third-order valence-corrected chi connectivity index (χ3v) is 5.10. The fourth-order valence-corrected chi connectivity index (χ4v) is 3.71. The van der Waals surface area contributed by atoms with Gasteiger partial charge in [0, 0.05) is 16.8 Å². The summed E-state index contributed by atoms with van der Waals surface area (Å²) < 4.78 is 22.6. The molecule has 1 aliphatic heterocycles. The Hall–Kier alpha value is -1.27. The van der Waals surface area contributed by atoms with Crippen LogP contribution in [0.2, 0.25) is 5.02 Å². The highest BCUT2D eigenvalue weighted by Gasteiger charge is 2.25. The minimum absolute atomic E-state index is 0.119. The van der Waals surface area contributed by atoms with Crippen molar-refractivity contribution in [3.05, 3.63) is 28.8 Å². The monoisotopic (exact) mass is 302 g/mol. The van der Waals surface area contributed by atoms with Gasteiger partial charge < -0.3 is 11.1 Å². The molecule has 1 aromatic rings. The van der Waals surface area contributed by atoms with Crippen LogP contribution >= 0.6 is 11.6 Å². The molecular formula is C12H15ClN2O3S. The van der Waals surface area contributed by atoms with Crippen molar-refractivity contribution in [1.82, 2.24) is 5.32 Å². The number of sulfone groups is 1. The van der Waals surface area contributed by atoms with Crippen LogP contribution in [0.5, 0.6) is 0 Å². The second-order valence-corrected chi connectivity index (χ2v) is 7.37. The Morgan fingerprint density at radius 3 is 2.53 bits per heavy atom. The summed E-state index contributed by atoms with van der Waals surface area (Å²) in [7, 11) is -2.92. The maximum atomic E-state index is 12.0. The van der Waals surface area contributed by atoms with Crippen molar-refractivity contribution >= 4 is 33.0 Å². The largest absolute Gasteiger partial charge is 0.398 e. The first-order valence-corrected chi connectivity index (χ1v) is 8.14. The Kier molecular flexibility index (Phi) is 4.01. The highest BCUT2D eigenvalue weighted by molar-refractivity contribution is 7.91. The van der Waals surface area contributed by atoms with Gasteiger partial charge in [0.25, 0.3) is 5.91 Å². The van der Waals surface area contributed by atoms with Crippen LogP contribution in [0, 0.1) is 0 Å². The van der Waals surface area contributed by atoms with Gasteiger partial charge in [-0.1, -0.05) is 11.6 Å². The van der Waals surface area contributed by atoms with E-state index in [1.54, 1.807) is 12.1 Å². The van der Waals surface area contributed by atoms with Crippen molar-refractivity contribution in [2.45, 2.75) is 18.9 Å². The van der Waals surface area contributed by atoms with Gasteiger partial charge in [-0.2, -0.15) is 0 Å². The highest BCUT2D eigenvalue weighted by atomic mass is 35.5. The minimum atomic E-state index is -2.92. The van der Waals surface area contributed by atoms with Gasteiger partial charge >= 0.3 is 0 Å². The maximum absolute atomic E-state index is 12.0. The number of nitrogens with one attached hydrogen (secondary N) is 1. The zero-order valence-electron chi connectivity index (χ0n) is 10.2. The Morgan fingerprint density at radius 2 is 1.95 bits per heavy atom. The number of carbonyl (C=O) groups excluding carboxylic acids is 1. The van der Waals surface area contributed by atoms with Crippen molar-refractivity contribution in [3.63, 3.8) is 0 Å². The molecule has 19 heavy (non-hydrogen) atoms. The van der Waals surface area contributed by atoms with Crippen molar-refractivity contribution < 1.29 is 13.2 Å². The van der Waals surface area contributed by atoms with E-state index in [4.69, 9.17) is 17.3 Å². The molecule has 1 aromatic carbocycles. The Balaban J connectivity index is 2.02. The van der Waals surface area contributed by atoms with Crippen LogP contribution < -0.4 is 11.1 Å². The van der Waals surface area contributed by atoms with Gasteiger partial charge in [-0.05, 0) is 31.0 Å². The fraction of sp³-hybridized carbons (Fsp3) is 0.417. The summed E-state index contributed by atoms with van der Waals surface area (Å²) in [6.07, 6.45) is 0.892. The van der Waals surface area contributed by atoms with Crippen LogP contribution in [0.15, 0.2) is 18.2 Å². The van der Waals surface area contributed by atoms with Gasteiger partial charge in [0.1, 0.15) is 9.84 Å². The second-order valence-electron chi connectivity index (χ2n) is 4.63. The molecule has 0 radical (unpaired) electrons. The quantitative estimate of drug-likeness (QED) is 0.804. The lowest BCUT2D eigenvalue weighted by Gasteiger charge is -2.23. The number of anilines is 1. The maximum Gasteiger partial charge on any atom is 0.253 e. The molecule has 0 bridgehead atoms. The lowest BCUT2D eigenvalue weighted by Crippen LogP contribution is -2.41. The first kappa shape index (κ1) is 14.1. The van der Waals surface area contributed by atoms with Crippen LogP contribution in [0.1, 0.15) is 23.2 Å². The summed E-state index contributed by atoms with van der Waals surface area (Å²) in [5.41, 5.74) is 6.40. The standard InChI is InChI=1S/C12H15ClN2O3S/c13-8-1-2-10(11(14)7-8)12(16)15-9-3-5-19(17,18)6-4-9/h1-2,7,9H,3-6,14H2,(H,15,16). The molecule has 1 amide bonds. The first-order chi connectivity index (χ1) is 8.87. The molecule has 2 rings (SSSR count). The van der Waals surface area contributed by atoms with E-state index in [1.165, 1.54) is 6.07 Å².